The average molecular weight is 411 g/mol. The molecule has 0 unspecified atom stereocenters. The maximum atomic E-state index is 12.7. The lowest BCUT2D eigenvalue weighted by Crippen LogP contribution is -2.40. The van der Waals surface area contributed by atoms with Crippen LogP contribution in [0.5, 0.6) is 5.75 Å². The quantitative estimate of drug-likeness (QED) is 0.681. The standard InChI is InChI=1S/C18H22N2O5S2/c1-13-19-11-16(26-13)12-25-18(21)14-7-9-20(10-8-14)27(22,23)17-5-3-15(24-2)4-6-17/h3-6,11,14H,7-10,12H2,1-2H3. The third kappa shape index (κ3) is 4.66. The Hall–Kier alpha value is -1.97. The molecule has 1 aliphatic heterocycles. The van der Waals surface area contributed by atoms with Crippen molar-refractivity contribution in [2.45, 2.75) is 31.3 Å². The highest BCUT2D eigenvalue weighted by Crippen LogP contribution is 2.26. The summed E-state index contributed by atoms with van der Waals surface area (Å²) in [6.45, 7) is 2.71. The summed E-state index contributed by atoms with van der Waals surface area (Å²) in [6.07, 6.45) is 2.61. The number of sulfonamides is 1. The van der Waals surface area contributed by atoms with E-state index in [1.165, 1.54) is 34.9 Å². The van der Waals surface area contributed by atoms with Gasteiger partial charge >= 0.3 is 5.97 Å². The smallest absolute Gasteiger partial charge is 0.309 e. The van der Waals surface area contributed by atoms with Crippen LogP contribution < -0.4 is 4.74 Å². The van der Waals surface area contributed by atoms with Gasteiger partial charge in [-0.15, -0.1) is 11.3 Å². The molecule has 0 N–H and O–H groups in total. The third-order valence-corrected chi connectivity index (χ3v) is 7.31. The van der Waals surface area contributed by atoms with Crippen LogP contribution in [-0.4, -0.2) is 43.9 Å². The van der Waals surface area contributed by atoms with E-state index in [0.29, 0.717) is 31.7 Å². The van der Waals surface area contributed by atoms with E-state index in [0.717, 1.165) is 9.88 Å². The number of aromatic nitrogens is 1. The molecule has 3 rings (SSSR count). The molecule has 1 fully saturated rings. The first-order valence-corrected chi connectivity index (χ1v) is 10.9. The van der Waals surface area contributed by atoms with Crippen molar-refractivity contribution in [2.75, 3.05) is 20.2 Å². The Morgan fingerprint density at radius 1 is 1.26 bits per heavy atom. The van der Waals surface area contributed by atoms with Gasteiger partial charge in [-0.2, -0.15) is 4.31 Å². The summed E-state index contributed by atoms with van der Waals surface area (Å²) in [4.78, 5) is 17.5. The molecule has 7 nitrogen and oxygen atoms in total. The largest absolute Gasteiger partial charge is 0.497 e. The minimum absolute atomic E-state index is 0.217. The fourth-order valence-corrected chi connectivity index (χ4v) is 5.14. The molecule has 2 aromatic rings. The van der Waals surface area contributed by atoms with Crippen LogP contribution in [-0.2, 0) is 26.2 Å². The average Bonchev–Trinajstić information content (AvgIpc) is 3.11. The number of esters is 1. The number of ether oxygens (including phenoxy) is 2. The van der Waals surface area contributed by atoms with Gasteiger partial charge in [-0.05, 0) is 44.0 Å². The van der Waals surface area contributed by atoms with Crippen LogP contribution in [0.4, 0.5) is 0 Å². The topological polar surface area (TPSA) is 85.8 Å². The Labute approximate surface area is 163 Å². The second-order valence-corrected chi connectivity index (χ2v) is 9.56. The second kappa shape index (κ2) is 8.37. The van der Waals surface area contributed by atoms with E-state index in [-0.39, 0.29) is 23.4 Å². The van der Waals surface area contributed by atoms with Gasteiger partial charge in [0.1, 0.15) is 12.4 Å². The molecule has 0 aliphatic carbocycles. The molecule has 1 aliphatic rings. The number of piperidine rings is 1. The predicted octanol–water partition coefficient (Wildman–Crippen LogP) is 2.60. The van der Waals surface area contributed by atoms with Crippen LogP contribution in [0.15, 0.2) is 35.4 Å². The maximum Gasteiger partial charge on any atom is 0.309 e. The van der Waals surface area contributed by atoms with Gasteiger partial charge in [-0.25, -0.2) is 13.4 Å². The summed E-state index contributed by atoms with van der Waals surface area (Å²) >= 11 is 1.50. The van der Waals surface area contributed by atoms with Crippen molar-refractivity contribution >= 4 is 27.3 Å². The number of carbonyl (C=O) groups excluding carboxylic acids is 1. The molecular formula is C18H22N2O5S2. The SMILES string of the molecule is COc1ccc(S(=O)(=O)N2CCC(C(=O)OCc3cnc(C)s3)CC2)cc1. The number of rotatable bonds is 6. The molecule has 9 heteroatoms. The fraction of sp³-hybridized carbons (Fsp3) is 0.444. The number of hydrogen-bond acceptors (Lipinski definition) is 7. The van der Waals surface area contributed by atoms with E-state index in [1.807, 2.05) is 6.92 Å². The Bertz CT molecular complexity index is 885. The van der Waals surface area contributed by atoms with Gasteiger partial charge in [0.15, 0.2) is 0 Å². The van der Waals surface area contributed by atoms with Crippen molar-refractivity contribution < 1.29 is 22.7 Å². The van der Waals surface area contributed by atoms with Gasteiger partial charge in [0, 0.05) is 19.3 Å². The van der Waals surface area contributed by atoms with Crippen molar-refractivity contribution in [3.05, 3.63) is 40.3 Å². The first-order valence-electron chi connectivity index (χ1n) is 8.62. The van der Waals surface area contributed by atoms with Crippen molar-refractivity contribution in [3.63, 3.8) is 0 Å². The zero-order valence-electron chi connectivity index (χ0n) is 15.3. The highest BCUT2D eigenvalue weighted by atomic mass is 32.2. The molecule has 0 bridgehead atoms. The lowest BCUT2D eigenvalue weighted by atomic mass is 9.98. The highest BCUT2D eigenvalue weighted by Gasteiger charge is 2.32. The van der Waals surface area contributed by atoms with Crippen LogP contribution >= 0.6 is 11.3 Å². The Kier molecular flexibility index (Phi) is 6.13. The predicted molar refractivity (Wildman–Crippen MR) is 101 cm³/mol. The number of nitrogens with zero attached hydrogens (tertiary/aromatic N) is 2. The van der Waals surface area contributed by atoms with Gasteiger partial charge in [0.05, 0.1) is 27.8 Å². The number of benzene rings is 1. The zero-order chi connectivity index (χ0) is 19.4. The zero-order valence-corrected chi connectivity index (χ0v) is 16.9. The van der Waals surface area contributed by atoms with Crippen molar-refractivity contribution in [3.8, 4) is 5.75 Å². The normalized spacial score (nSPS) is 16.2. The number of methoxy groups -OCH3 is 1. The fourth-order valence-electron chi connectivity index (χ4n) is 2.96. The van der Waals surface area contributed by atoms with Gasteiger partial charge < -0.3 is 9.47 Å². The van der Waals surface area contributed by atoms with Gasteiger partial charge in [0.25, 0.3) is 0 Å². The highest BCUT2D eigenvalue weighted by molar-refractivity contribution is 7.89. The summed E-state index contributed by atoms with van der Waals surface area (Å²) in [5, 5.41) is 0.929. The van der Waals surface area contributed by atoms with E-state index in [2.05, 4.69) is 4.98 Å². The van der Waals surface area contributed by atoms with E-state index < -0.39 is 10.0 Å². The van der Waals surface area contributed by atoms with E-state index in [9.17, 15) is 13.2 Å². The van der Waals surface area contributed by atoms with Crippen LogP contribution in [0.2, 0.25) is 0 Å². The molecule has 0 atom stereocenters. The Balaban J connectivity index is 1.54. The number of hydrogen-bond donors (Lipinski definition) is 0. The summed E-state index contributed by atoms with van der Waals surface area (Å²) in [7, 11) is -2.04. The Morgan fingerprint density at radius 2 is 1.93 bits per heavy atom. The molecule has 1 saturated heterocycles. The van der Waals surface area contributed by atoms with E-state index >= 15 is 0 Å². The summed E-state index contributed by atoms with van der Waals surface area (Å²) < 4.78 is 37.3. The van der Waals surface area contributed by atoms with Gasteiger partial charge in [0.2, 0.25) is 10.0 Å². The maximum absolute atomic E-state index is 12.7. The minimum Gasteiger partial charge on any atom is -0.497 e. The van der Waals surface area contributed by atoms with Gasteiger partial charge in [-0.3, -0.25) is 4.79 Å². The summed E-state index contributed by atoms with van der Waals surface area (Å²) in [6, 6.07) is 6.31. The second-order valence-electron chi connectivity index (χ2n) is 6.31. The molecule has 1 aromatic carbocycles. The molecule has 27 heavy (non-hydrogen) atoms. The van der Waals surface area contributed by atoms with Gasteiger partial charge in [-0.1, -0.05) is 0 Å². The summed E-state index contributed by atoms with van der Waals surface area (Å²) in [5.74, 6) is 0.0513. The molecule has 0 spiro atoms. The molecule has 0 amide bonds. The van der Waals surface area contributed by atoms with E-state index in [1.54, 1.807) is 18.3 Å². The third-order valence-electron chi connectivity index (χ3n) is 4.51. The number of aryl methyl sites for hydroxylation is 1. The van der Waals surface area contributed by atoms with Crippen molar-refractivity contribution in [1.29, 1.82) is 0 Å². The van der Waals surface area contributed by atoms with Crippen molar-refractivity contribution in [2.24, 2.45) is 5.92 Å². The molecular weight excluding hydrogens is 388 g/mol. The van der Waals surface area contributed by atoms with Crippen molar-refractivity contribution in [1.82, 2.24) is 9.29 Å². The van der Waals surface area contributed by atoms with Crippen LogP contribution in [0.3, 0.4) is 0 Å². The molecule has 0 saturated carbocycles. The first kappa shape index (κ1) is 19.8. The van der Waals surface area contributed by atoms with Crippen LogP contribution in [0.25, 0.3) is 0 Å². The molecule has 0 radical (unpaired) electrons. The van der Waals surface area contributed by atoms with E-state index in [4.69, 9.17) is 9.47 Å². The lowest BCUT2D eigenvalue weighted by Gasteiger charge is -2.30. The lowest BCUT2D eigenvalue weighted by molar-refractivity contribution is -0.151. The molecule has 2 heterocycles. The molecule has 146 valence electrons. The number of thiazole rings is 1. The number of carbonyl (C=O) groups is 1. The van der Waals surface area contributed by atoms with Crippen LogP contribution in [0.1, 0.15) is 22.7 Å². The van der Waals surface area contributed by atoms with Crippen LogP contribution in [0, 0.1) is 12.8 Å². The first-order chi connectivity index (χ1) is 12.9. The summed E-state index contributed by atoms with van der Waals surface area (Å²) in [5.41, 5.74) is 0. The Morgan fingerprint density at radius 3 is 2.48 bits per heavy atom. The monoisotopic (exact) mass is 410 g/mol. The molecule has 1 aromatic heterocycles. The minimum atomic E-state index is -3.57.